The van der Waals surface area contributed by atoms with Gasteiger partial charge in [-0.05, 0) is 99.6 Å². The second-order valence-corrected chi connectivity index (χ2v) is 9.54. The molecule has 190 valence electrons. The molecular weight excluding hydrogens is 438 g/mol. The van der Waals surface area contributed by atoms with E-state index in [1.807, 2.05) is 26.0 Å². The number of benzene rings is 2. The molecule has 0 aromatic heterocycles. The monoisotopic (exact) mass is 479 g/mol. The van der Waals surface area contributed by atoms with Crippen LogP contribution in [0.2, 0.25) is 0 Å². The lowest BCUT2D eigenvalue weighted by Crippen LogP contribution is -2.23. The Hall–Kier alpha value is -2.79. The van der Waals surface area contributed by atoms with Gasteiger partial charge in [0.15, 0.2) is 0 Å². The van der Waals surface area contributed by atoms with Crippen LogP contribution in [0, 0.1) is 25.7 Å². The summed E-state index contributed by atoms with van der Waals surface area (Å²) in [5, 5.41) is 3.98. The maximum absolute atomic E-state index is 6.29. The maximum atomic E-state index is 6.29. The van der Waals surface area contributed by atoms with Crippen molar-refractivity contribution in [1.82, 2.24) is 0 Å². The van der Waals surface area contributed by atoms with Crippen LogP contribution in [0.3, 0.4) is 0 Å². The molecule has 0 radical (unpaired) electrons. The van der Waals surface area contributed by atoms with E-state index in [2.05, 4.69) is 55.4 Å². The number of oxime groups is 1. The fraction of sp³-hybridized carbons (Fsp3) is 0.500. The van der Waals surface area contributed by atoms with E-state index in [1.54, 1.807) is 7.11 Å². The van der Waals surface area contributed by atoms with E-state index in [9.17, 15) is 0 Å². The zero-order chi connectivity index (χ0) is 25.0. The van der Waals surface area contributed by atoms with E-state index >= 15 is 0 Å². The van der Waals surface area contributed by atoms with Crippen molar-refractivity contribution in [2.45, 2.75) is 60.0 Å². The van der Waals surface area contributed by atoms with Crippen LogP contribution in [0.1, 0.15) is 61.8 Å². The standard InChI is InChI=1S/C30H41NO4/c1-6-7-16-34-29-17-22(2)30(23(3)18-29)35-21-27-10-8-25(9-11-27)19-33-20-26-12-14-28(15-13-26)24(4)31-32-5/h6-7,12-15,17-18,25,27H,8-11,16,19-21H2,1-5H3/b7-6+,31-24?. The minimum atomic E-state index is 0.596. The summed E-state index contributed by atoms with van der Waals surface area (Å²) >= 11 is 0. The Bertz CT molecular complexity index is 949. The van der Waals surface area contributed by atoms with Crippen molar-refractivity contribution in [2.75, 3.05) is 26.9 Å². The zero-order valence-electron chi connectivity index (χ0n) is 22.0. The smallest absolute Gasteiger partial charge is 0.125 e. The molecule has 5 heteroatoms. The molecule has 0 bridgehead atoms. The summed E-state index contributed by atoms with van der Waals surface area (Å²) in [5.74, 6) is 3.15. The molecule has 0 unspecified atom stereocenters. The Morgan fingerprint density at radius 1 is 0.943 bits per heavy atom. The van der Waals surface area contributed by atoms with Gasteiger partial charge in [-0.1, -0.05) is 41.6 Å². The molecule has 35 heavy (non-hydrogen) atoms. The van der Waals surface area contributed by atoms with Gasteiger partial charge in [0.05, 0.1) is 18.9 Å². The van der Waals surface area contributed by atoms with Gasteiger partial charge < -0.3 is 19.0 Å². The SMILES string of the molecule is C/C=C/COc1cc(C)c(OCC2CCC(COCc3ccc(C(C)=NOC)cc3)CC2)c(C)c1. The van der Waals surface area contributed by atoms with E-state index in [0.29, 0.717) is 25.0 Å². The maximum Gasteiger partial charge on any atom is 0.125 e. The van der Waals surface area contributed by atoms with Crippen molar-refractivity contribution < 1.29 is 19.0 Å². The van der Waals surface area contributed by atoms with Gasteiger partial charge in [0.25, 0.3) is 0 Å². The van der Waals surface area contributed by atoms with Gasteiger partial charge in [-0.15, -0.1) is 0 Å². The van der Waals surface area contributed by atoms with Crippen LogP contribution >= 0.6 is 0 Å². The van der Waals surface area contributed by atoms with Crippen LogP contribution in [-0.2, 0) is 16.2 Å². The molecule has 5 nitrogen and oxygen atoms in total. The van der Waals surface area contributed by atoms with Gasteiger partial charge in [0.1, 0.15) is 25.2 Å². The molecule has 0 heterocycles. The van der Waals surface area contributed by atoms with Crippen LogP contribution in [0.25, 0.3) is 0 Å². The third-order valence-electron chi connectivity index (χ3n) is 6.67. The van der Waals surface area contributed by atoms with Crippen LogP contribution in [0.15, 0.2) is 53.7 Å². The molecule has 1 aliphatic carbocycles. The first-order chi connectivity index (χ1) is 17.0. The van der Waals surface area contributed by atoms with Gasteiger partial charge in [0, 0.05) is 6.61 Å². The van der Waals surface area contributed by atoms with Crippen molar-refractivity contribution in [3.8, 4) is 11.5 Å². The van der Waals surface area contributed by atoms with Gasteiger partial charge >= 0.3 is 0 Å². The second-order valence-electron chi connectivity index (χ2n) is 9.54. The van der Waals surface area contributed by atoms with Gasteiger partial charge in [0.2, 0.25) is 0 Å². The Morgan fingerprint density at radius 3 is 2.17 bits per heavy atom. The van der Waals surface area contributed by atoms with E-state index in [0.717, 1.165) is 47.1 Å². The first-order valence-electron chi connectivity index (χ1n) is 12.7. The summed E-state index contributed by atoms with van der Waals surface area (Å²) in [6.07, 6.45) is 8.81. The highest BCUT2D eigenvalue weighted by Gasteiger charge is 2.22. The molecular formula is C30H41NO4. The molecule has 2 aromatic rings. The summed E-state index contributed by atoms with van der Waals surface area (Å²) in [6, 6.07) is 12.5. The summed E-state index contributed by atoms with van der Waals surface area (Å²) < 4.78 is 18.1. The lowest BCUT2D eigenvalue weighted by Gasteiger charge is -2.28. The predicted octanol–water partition coefficient (Wildman–Crippen LogP) is 7.03. The molecule has 0 amide bonds. The van der Waals surface area contributed by atoms with E-state index < -0.39 is 0 Å². The van der Waals surface area contributed by atoms with Crippen molar-refractivity contribution in [1.29, 1.82) is 0 Å². The number of rotatable bonds is 12. The Kier molecular flexibility index (Phi) is 10.7. The number of ether oxygens (including phenoxy) is 3. The molecule has 1 saturated carbocycles. The van der Waals surface area contributed by atoms with E-state index in [1.165, 1.54) is 31.2 Å². The van der Waals surface area contributed by atoms with Crippen LogP contribution < -0.4 is 9.47 Å². The van der Waals surface area contributed by atoms with Crippen molar-refractivity contribution in [2.24, 2.45) is 17.0 Å². The van der Waals surface area contributed by atoms with Gasteiger partial charge in [-0.3, -0.25) is 0 Å². The highest BCUT2D eigenvalue weighted by molar-refractivity contribution is 5.98. The van der Waals surface area contributed by atoms with Crippen LogP contribution in [0.5, 0.6) is 11.5 Å². The number of aryl methyl sites for hydroxylation is 2. The Balaban J connectivity index is 1.37. The minimum absolute atomic E-state index is 0.596. The van der Waals surface area contributed by atoms with Gasteiger partial charge in [-0.2, -0.15) is 0 Å². The Morgan fingerprint density at radius 2 is 1.57 bits per heavy atom. The van der Waals surface area contributed by atoms with Crippen molar-refractivity contribution >= 4 is 5.71 Å². The van der Waals surface area contributed by atoms with Gasteiger partial charge in [-0.25, -0.2) is 0 Å². The molecule has 0 aliphatic heterocycles. The quantitative estimate of drug-likeness (QED) is 0.186. The molecule has 0 saturated heterocycles. The number of hydrogen-bond donors (Lipinski definition) is 0. The third kappa shape index (κ3) is 8.43. The first kappa shape index (κ1) is 26.8. The topological polar surface area (TPSA) is 49.3 Å². The summed E-state index contributed by atoms with van der Waals surface area (Å²) in [4.78, 5) is 4.84. The number of allylic oxidation sites excluding steroid dienone is 1. The van der Waals surface area contributed by atoms with E-state index in [4.69, 9.17) is 19.0 Å². The van der Waals surface area contributed by atoms with Crippen LogP contribution in [0.4, 0.5) is 0 Å². The lowest BCUT2D eigenvalue weighted by molar-refractivity contribution is 0.0618. The number of nitrogens with zero attached hydrogens (tertiary/aromatic N) is 1. The highest BCUT2D eigenvalue weighted by atomic mass is 16.6. The van der Waals surface area contributed by atoms with Crippen molar-refractivity contribution in [3.63, 3.8) is 0 Å². The average Bonchev–Trinajstić information content (AvgIpc) is 2.85. The first-order valence-corrected chi connectivity index (χ1v) is 12.7. The fourth-order valence-electron chi connectivity index (χ4n) is 4.60. The molecule has 3 rings (SSSR count). The Labute approximate surface area is 211 Å². The average molecular weight is 480 g/mol. The lowest BCUT2D eigenvalue weighted by atomic mass is 9.83. The molecule has 0 atom stereocenters. The number of hydrogen-bond acceptors (Lipinski definition) is 5. The molecule has 0 spiro atoms. The second kappa shape index (κ2) is 13.9. The zero-order valence-corrected chi connectivity index (χ0v) is 22.0. The third-order valence-corrected chi connectivity index (χ3v) is 6.67. The largest absolute Gasteiger partial charge is 0.493 e. The molecule has 0 N–H and O–H groups in total. The predicted molar refractivity (Wildman–Crippen MR) is 142 cm³/mol. The molecule has 1 aliphatic rings. The summed E-state index contributed by atoms with van der Waals surface area (Å²) in [6.45, 7) is 11.0. The molecule has 1 fully saturated rings. The highest BCUT2D eigenvalue weighted by Crippen LogP contribution is 2.32. The van der Waals surface area contributed by atoms with E-state index in [-0.39, 0.29) is 0 Å². The van der Waals surface area contributed by atoms with Crippen LogP contribution in [-0.4, -0.2) is 32.6 Å². The normalized spacial score (nSPS) is 18.6. The molecule has 2 aromatic carbocycles. The summed E-state index contributed by atoms with van der Waals surface area (Å²) in [7, 11) is 1.57. The summed E-state index contributed by atoms with van der Waals surface area (Å²) in [5.41, 5.74) is 5.39. The fourth-order valence-corrected chi connectivity index (χ4v) is 4.60. The van der Waals surface area contributed by atoms with Crippen molar-refractivity contribution in [3.05, 3.63) is 70.8 Å². The minimum Gasteiger partial charge on any atom is -0.493 e.